The number of nitrogens with two attached hydrogens (primary N) is 1. The highest BCUT2D eigenvalue weighted by molar-refractivity contribution is 5.99. The van der Waals surface area contributed by atoms with E-state index >= 15 is 0 Å². The Balaban J connectivity index is 1.42. The first-order valence-electron chi connectivity index (χ1n) is 18.8. The zero-order valence-corrected chi connectivity index (χ0v) is 31.3. The molecule has 1 aromatic heterocycles. The van der Waals surface area contributed by atoms with Crippen LogP contribution >= 0.6 is 0 Å². The quantitative estimate of drug-likeness (QED) is 0.192. The third kappa shape index (κ3) is 10.8. The van der Waals surface area contributed by atoms with E-state index in [1.165, 1.54) is 12.8 Å². The molecule has 2 aliphatic rings. The van der Waals surface area contributed by atoms with Gasteiger partial charge in [0, 0.05) is 24.0 Å². The van der Waals surface area contributed by atoms with Gasteiger partial charge in [-0.2, -0.15) is 0 Å². The Morgan fingerprint density at radius 2 is 1.62 bits per heavy atom. The van der Waals surface area contributed by atoms with E-state index in [4.69, 9.17) is 10.5 Å². The molecule has 280 valence electrons. The average molecular weight is 713 g/mol. The van der Waals surface area contributed by atoms with E-state index in [9.17, 15) is 19.2 Å². The molecule has 2 aromatic carbocycles. The predicted octanol–water partition coefficient (Wildman–Crippen LogP) is 4.53. The molecule has 0 radical (unpaired) electrons. The molecular weight excluding hydrogens is 656 g/mol. The van der Waals surface area contributed by atoms with Gasteiger partial charge in [-0.3, -0.25) is 24.1 Å². The maximum Gasteiger partial charge on any atom is 0.270 e. The van der Waals surface area contributed by atoms with Crippen LogP contribution in [0.1, 0.15) is 89.2 Å². The number of aromatic nitrogens is 1. The van der Waals surface area contributed by atoms with E-state index in [1.54, 1.807) is 18.2 Å². The molecule has 3 aromatic rings. The number of carbonyl (C=O) groups excluding carboxylic acids is 4. The van der Waals surface area contributed by atoms with Gasteiger partial charge < -0.3 is 26.4 Å². The first-order valence-corrected chi connectivity index (χ1v) is 18.8. The van der Waals surface area contributed by atoms with E-state index in [1.807, 2.05) is 83.1 Å². The second-order valence-corrected chi connectivity index (χ2v) is 15.9. The summed E-state index contributed by atoms with van der Waals surface area (Å²) in [5.74, 6) is -0.878. The molecule has 4 amide bonds. The van der Waals surface area contributed by atoms with Crippen LogP contribution in [0.3, 0.4) is 0 Å². The van der Waals surface area contributed by atoms with Gasteiger partial charge in [0.05, 0.1) is 36.2 Å². The minimum Gasteiger partial charge on any atom is -0.372 e. The summed E-state index contributed by atoms with van der Waals surface area (Å²) < 4.78 is 6.63. The van der Waals surface area contributed by atoms with E-state index in [2.05, 4.69) is 25.8 Å². The van der Waals surface area contributed by atoms with Gasteiger partial charge in [-0.25, -0.2) is 4.98 Å². The summed E-state index contributed by atoms with van der Waals surface area (Å²) in [4.78, 5) is 60.5. The number of primary amides is 1. The highest BCUT2D eigenvalue weighted by Gasteiger charge is 2.42. The number of pyridine rings is 1. The summed E-state index contributed by atoms with van der Waals surface area (Å²) in [5, 5.41) is 9.97. The smallest absolute Gasteiger partial charge is 0.270 e. The summed E-state index contributed by atoms with van der Waals surface area (Å²) in [5.41, 5.74) is 6.96. The highest BCUT2D eigenvalue weighted by atomic mass is 16.5. The molecule has 1 aliphatic heterocycles. The lowest BCUT2D eigenvalue weighted by Gasteiger charge is -2.47. The largest absolute Gasteiger partial charge is 0.372 e. The predicted molar refractivity (Wildman–Crippen MR) is 202 cm³/mol. The second kappa shape index (κ2) is 17.4. The first kappa shape index (κ1) is 38.9. The molecule has 1 aliphatic carbocycles. The summed E-state index contributed by atoms with van der Waals surface area (Å²) in [6, 6.07) is 18.4. The number of carbonyl (C=O) groups is 4. The maximum absolute atomic E-state index is 14.2. The molecule has 11 nitrogen and oxygen atoms in total. The van der Waals surface area contributed by atoms with E-state index in [0.29, 0.717) is 30.3 Å². The number of likely N-dealkylation sites (tertiary alicyclic amines) is 1. The van der Waals surface area contributed by atoms with Crippen molar-refractivity contribution in [2.24, 2.45) is 17.6 Å². The van der Waals surface area contributed by atoms with Crippen molar-refractivity contribution in [1.29, 1.82) is 0 Å². The van der Waals surface area contributed by atoms with E-state index < -0.39 is 42.3 Å². The van der Waals surface area contributed by atoms with Crippen molar-refractivity contribution >= 4 is 34.5 Å². The topological polar surface area (TPSA) is 156 Å². The molecular formula is C41H56N6O5. The molecule has 0 spiro atoms. The summed E-state index contributed by atoms with van der Waals surface area (Å²) >= 11 is 0. The van der Waals surface area contributed by atoms with Crippen LogP contribution in [0.5, 0.6) is 0 Å². The molecule has 5 N–H and O–H groups in total. The fraction of sp³-hybridized carbons (Fsp3) is 0.537. The van der Waals surface area contributed by atoms with Crippen molar-refractivity contribution in [1.82, 2.24) is 25.8 Å². The Bertz CT molecular complexity index is 1690. The molecule has 0 unspecified atom stereocenters. The van der Waals surface area contributed by atoms with E-state index in [-0.39, 0.29) is 29.3 Å². The molecule has 2 heterocycles. The van der Waals surface area contributed by atoms with Gasteiger partial charge in [-0.05, 0) is 83.4 Å². The van der Waals surface area contributed by atoms with Gasteiger partial charge in [-0.1, -0.05) is 73.9 Å². The van der Waals surface area contributed by atoms with Crippen LogP contribution in [-0.4, -0.2) is 82.5 Å². The number of ether oxygens (including phenoxy) is 1. The van der Waals surface area contributed by atoms with Gasteiger partial charge >= 0.3 is 0 Å². The summed E-state index contributed by atoms with van der Waals surface area (Å²) in [6.07, 6.45) is 4.75. The molecule has 52 heavy (non-hydrogen) atoms. The monoisotopic (exact) mass is 712 g/mol. The van der Waals surface area contributed by atoms with Crippen molar-refractivity contribution in [3.8, 4) is 0 Å². The van der Waals surface area contributed by atoms with Crippen LogP contribution in [0, 0.1) is 11.8 Å². The number of amides is 4. The van der Waals surface area contributed by atoms with E-state index in [0.717, 1.165) is 36.8 Å². The molecule has 2 fully saturated rings. The summed E-state index contributed by atoms with van der Waals surface area (Å²) in [6.45, 7) is 11.1. The lowest BCUT2D eigenvalue weighted by atomic mass is 9.72. The van der Waals surface area contributed by atoms with Crippen LogP contribution in [-0.2, 0) is 25.5 Å². The van der Waals surface area contributed by atoms with Gasteiger partial charge in [0.2, 0.25) is 17.7 Å². The standard InChI is InChI=1S/C41H56N6O5/c1-26(2)52-36(25-47-24-30-17-10-9-16-29(30)22-35(47)40(51)46-41(3,4)5)33(21-27-13-7-6-8-14-27)44-39(50)34(23-37(42)48)45-38(49)32-20-19-28-15-11-12-18-31(28)43-32/h6-8,11-15,18-20,26,29-30,33-36H,9-10,16-17,21-25H2,1-5H3,(H2,42,48)(H,44,50)(H,45,49)(H,46,51)/t29-,30+,33-,34-,35-,36+/m0/s1. The van der Waals surface area contributed by atoms with Crippen LogP contribution in [0.4, 0.5) is 0 Å². The molecule has 1 saturated heterocycles. The molecule has 6 atom stereocenters. The molecule has 11 heteroatoms. The number of para-hydroxylation sites is 1. The van der Waals surface area contributed by atoms with Crippen molar-refractivity contribution in [3.05, 3.63) is 78.0 Å². The first-order chi connectivity index (χ1) is 24.8. The fourth-order valence-electron chi connectivity index (χ4n) is 7.73. The zero-order valence-electron chi connectivity index (χ0n) is 31.3. The van der Waals surface area contributed by atoms with Gasteiger partial charge in [0.15, 0.2) is 0 Å². The Kier molecular flexibility index (Phi) is 13.0. The number of rotatable bonds is 14. The summed E-state index contributed by atoms with van der Waals surface area (Å²) in [7, 11) is 0. The Morgan fingerprint density at radius 3 is 2.31 bits per heavy atom. The maximum atomic E-state index is 14.2. The molecule has 1 saturated carbocycles. The molecule has 0 bridgehead atoms. The lowest BCUT2D eigenvalue weighted by Crippen LogP contribution is -2.61. The molecule has 5 rings (SSSR count). The Labute approximate surface area is 307 Å². The number of fused-ring (bicyclic) bond motifs is 2. The number of nitrogens with one attached hydrogen (secondary N) is 3. The fourth-order valence-corrected chi connectivity index (χ4v) is 7.73. The van der Waals surface area contributed by atoms with Crippen molar-refractivity contribution in [2.45, 2.75) is 115 Å². The number of nitrogens with zero attached hydrogens (tertiary/aromatic N) is 2. The zero-order chi connectivity index (χ0) is 37.4. The highest BCUT2D eigenvalue weighted by Crippen LogP contribution is 2.39. The van der Waals surface area contributed by atoms with Crippen molar-refractivity contribution in [3.63, 3.8) is 0 Å². The lowest BCUT2D eigenvalue weighted by molar-refractivity contribution is -0.135. The van der Waals surface area contributed by atoms with Crippen molar-refractivity contribution in [2.75, 3.05) is 13.1 Å². The number of piperidine rings is 1. The average Bonchev–Trinajstić information content (AvgIpc) is 3.09. The number of hydrogen-bond donors (Lipinski definition) is 4. The van der Waals surface area contributed by atoms with Crippen LogP contribution in [0.25, 0.3) is 10.9 Å². The van der Waals surface area contributed by atoms with Crippen LogP contribution in [0.15, 0.2) is 66.7 Å². The Morgan fingerprint density at radius 1 is 0.923 bits per heavy atom. The third-order valence-corrected chi connectivity index (χ3v) is 10.1. The third-order valence-electron chi connectivity index (χ3n) is 10.1. The van der Waals surface area contributed by atoms with Crippen molar-refractivity contribution < 1.29 is 23.9 Å². The Hall–Kier alpha value is -4.35. The van der Waals surface area contributed by atoms with Gasteiger partial charge in [0.1, 0.15) is 11.7 Å². The number of hydrogen-bond acceptors (Lipinski definition) is 7. The van der Waals surface area contributed by atoms with Gasteiger partial charge in [-0.15, -0.1) is 0 Å². The van der Waals surface area contributed by atoms with Crippen LogP contribution in [0.2, 0.25) is 0 Å². The number of benzene rings is 2. The van der Waals surface area contributed by atoms with Crippen LogP contribution < -0.4 is 21.7 Å². The second-order valence-electron chi connectivity index (χ2n) is 15.9. The SMILES string of the molecule is CC(C)O[C@H](CN1C[C@H]2CCCC[C@H]2C[C@H]1C(=O)NC(C)(C)C)[C@H](Cc1ccccc1)NC(=O)[C@H](CC(N)=O)NC(=O)c1ccc2ccccc2n1. The minimum atomic E-state index is -1.25. The normalized spacial score (nSPS) is 21.1. The minimum absolute atomic E-state index is 0.00926. The van der Waals surface area contributed by atoms with Gasteiger partial charge in [0.25, 0.3) is 5.91 Å².